The first-order valence-corrected chi connectivity index (χ1v) is 9.38. The molecule has 0 aliphatic carbocycles. The number of aliphatic hydroxyl groups is 1. The van der Waals surface area contributed by atoms with Crippen LogP contribution in [0.2, 0.25) is 0 Å². The van der Waals surface area contributed by atoms with Crippen molar-refractivity contribution in [2.45, 2.75) is 12.1 Å². The number of aliphatic hydroxyl groups excluding tert-OH is 1. The lowest BCUT2D eigenvalue weighted by Gasteiger charge is -2.25. The first kappa shape index (κ1) is 19.4. The molecular formula is C23H19N3O4. The van der Waals surface area contributed by atoms with Gasteiger partial charge in [0.1, 0.15) is 6.10 Å². The van der Waals surface area contributed by atoms with Crippen LogP contribution >= 0.6 is 0 Å². The van der Waals surface area contributed by atoms with Crippen molar-refractivity contribution in [3.05, 3.63) is 116 Å². The number of hydrogen-bond donors (Lipinski definition) is 4. The Kier molecular flexibility index (Phi) is 5.28. The SMILES string of the molecule is O=C(N[C@@H](c1ccccc1)[C@H](O)c1ccccc1)c1ccc2[nH]c(=O)c(=O)[nH]c2c1. The van der Waals surface area contributed by atoms with E-state index in [1.54, 1.807) is 24.3 Å². The fourth-order valence-corrected chi connectivity index (χ4v) is 3.33. The highest BCUT2D eigenvalue weighted by Crippen LogP contribution is 2.29. The van der Waals surface area contributed by atoms with Gasteiger partial charge >= 0.3 is 11.1 Å². The number of carbonyl (C=O) groups is 1. The summed E-state index contributed by atoms with van der Waals surface area (Å²) >= 11 is 0. The van der Waals surface area contributed by atoms with Gasteiger partial charge in [-0.05, 0) is 29.3 Å². The van der Waals surface area contributed by atoms with Gasteiger partial charge in [0, 0.05) is 5.56 Å². The van der Waals surface area contributed by atoms with E-state index in [2.05, 4.69) is 15.3 Å². The zero-order valence-corrected chi connectivity index (χ0v) is 15.8. The molecule has 4 N–H and O–H groups in total. The smallest absolute Gasteiger partial charge is 0.314 e. The lowest BCUT2D eigenvalue weighted by atomic mass is 9.95. The van der Waals surface area contributed by atoms with E-state index in [-0.39, 0.29) is 5.56 Å². The molecule has 7 nitrogen and oxygen atoms in total. The minimum Gasteiger partial charge on any atom is -0.386 e. The van der Waals surface area contributed by atoms with Crippen LogP contribution in [-0.4, -0.2) is 21.0 Å². The van der Waals surface area contributed by atoms with E-state index in [1.165, 1.54) is 6.07 Å². The van der Waals surface area contributed by atoms with Gasteiger partial charge in [0.05, 0.1) is 17.1 Å². The largest absolute Gasteiger partial charge is 0.386 e. The molecule has 0 aliphatic rings. The predicted octanol–water partition coefficient (Wildman–Crippen LogP) is 2.42. The molecule has 1 heterocycles. The summed E-state index contributed by atoms with van der Waals surface area (Å²) in [4.78, 5) is 40.9. The first-order valence-electron chi connectivity index (χ1n) is 9.38. The molecule has 0 fully saturated rings. The fraction of sp³-hybridized carbons (Fsp3) is 0.0870. The Bertz CT molecular complexity index is 1300. The number of H-pyrrole nitrogens is 2. The monoisotopic (exact) mass is 401 g/mol. The van der Waals surface area contributed by atoms with Crippen LogP contribution < -0.4 is 16.4 Å². The summed E-state index contributed by atoms with van der Waals surface area (Å²) in [7, 11) is 0. The number of nitrogens with one attached hydrogen (secondary N) is 3. The molecule has 0 aliphatic heterocycles. The summed E-state index contributed by atoms with van der Waals surface area (Å²) in [5.41, 5.74) is 0.919. The Morgan fingerprint density at radius 3 is 1.97 bits per heavy atom. The molecule has 4 aromatic rings. The third-order valence-electron chi connectivity index (χ3n) is 4.89. The number of carbonyl (C=O) groups excluding carboxylic acids is 1. The van der Waals surface area contributed by atoms with Crippen molar-refractivity contribution in [3.63, 3.8) is 0 Å². The Balaban J connectivity index is 1.68. The summed E-state index contributed by atoms with van der Waals surface area (Å²) in [6, 6.07) is 22.2. The van der Waals surface area contributed by atoms with Crippen molar-refractivity contribution in [2.24, 2.45) is 0 Å². The van der Waals surface area contributed by atoms with Gasteiger partial charge in [-0.2, -0.15) is 0 Å². The van der Waals surface area contributed by atoms with Crippen molar-refractivity contribution < 1.29 is 9.90 Å². The van der Waals surface area contributed by atoms with Crippen molar-refractivity contribution >= 4 is 16.9 Å². The zero-order valence-electron chi connectivity index (χ0n) is 15.8. The molecule has 150 valence electrons. The summed E-state index contributed by atoms with van der Waals surface area (Å²) in [5, 5.41) is 13.9. The molecule has 1 amide bonds. The van der Waals surface area contributed by atoms with Crippen LogP contribution in [0.4, 0.5) is 0 Å². The quantitative estimate of drug-likeness (QED) is 0.385. The number of aromatic nitrogens is 2. The van der Waals surface area contributed by atoms with E-state index in [0.717, 1.165) is 5.56 Å². The molecule has 0 bridgehead atoms. The molecule has 0 spiro atoms. The van der Waals surface area contributed by atoms with Crippen molar-refractivity contribution in [1.82, 2.24) is 15.3 Å². The topological polar surface area (TPSA) is 115 Å². The van der Waals surface area contributed by atoms with Gasteiger partial charge in [0.2, 0.25) is 0 Å². The molecule has 3 aromatic carbocycles. The highest BCUT2D eigenvalue weighted by Gasteiger charge is 2.25. The van der Waals surface area contributed by atoms with Crippen LogP contribution in [0.5, 0.6) is 0 Å². The molecule has 30 heavy (non-hydrogen) atoms. The number of hydrogen-bond acceptors (Lipinski definition) is 4. The van der Waals surface area contributed by atoms with E-state index in [9.17, 15) is 19.5 Å². The van der Waals surface area contributed by atoms with Crippen LogP contribution in [0.25, 0.3) is 11.0 Å². The molecule has 0 radical (unpaired) electrons. The number of benzene rings is 3. The summed E-state index contributed by atoms with van der Waals surface area (Å²) < 4.78 is 0. The van der Waals surface area contributed by atoms with Gasteiger partial charge in [0.15, 0.2) is 0 Å². The number of rotatable bonds is 5. The second-order valence-electron chi connectivity index (χ2n) is 6.89. The molecule has 7 heteroatoms. The zero-order chi connectivity index (χ0) is 21.1. The van der Waals surface area contributed by atoms with Gasteiger partial charge in [-0.1, -0.05) is 60.7 Å². The lowest BCUT2D eigenvalue weighted by Crippen LogP contribution is -2.33. The minimum absolute atomic E-state index is 0.284. The van der Waals surface area contributed by atoms with Gasteiger partial charge in [-0.3, -0.25) is 14.4 Å². The van der Waals surface area contributed by atoms with Crippen molar-refractivity contribution in [1.29, 1.82) is 0 Å². The van der Waals surface area contributed by atoms with E-state index in [0.29, 0.717) is 16.6 Å². The fourth-order valence-electron chi connectivity index (χ4n) is 3.33. The number of aromatic amines is 2. The molecular weight excluding hydrogens is 382 g/mol. The summed E-state index contributed by atoms with van der Waals surface area (Å²) in [5.74, 6) is -0.423. The van der Waals surface area contributed by atoms with Crippen LogP contribution in [0.15, 0.2) is 88.5 Å². The van der Waals surface area contributed by atoms with Gasteiger partial charge in [-0.25, -0.2) is 0 Å². The Morgan fingerprint density at radius 1 is 0.767 bits per heavy atom. The first-order chi connectivity index (χ1) is 14.5. The van der Waals surface area contributed by atoms with E-state index < -0.39 is 29.2 Å². The lowest BCUT2D eigenvalue weighted by molar-refractivity contribution is 0.0831. The standard InChI is InChI=1S/C23H19N3O4/c27-20(15-9-5-2-6-10-15)19(14-7-3-1-4-8-14)26-21(28)16-11-12-17-18(13-16)25-23(30)22(29)24-17/h1-13,19-20,27H,(H,24,29)(H,25,30)(H,26,28)/t19-,20+/m0/s1. The van der Waals surface area contributed by atoms with Crippen LogP contribution in [0, 0.1) is 0 Å². The number of fused-ring (bicyclic) bond motifs is 1. The molecule has 1 aromatic heterocycles. The molecule has 0 saturated carbocycles. The van der Waals surface area contributed by atoms with Gasteiger partial charge in [-0.15, -0.1) is 0 Å². The molecule has 0 unspecified atom stereocenters. The van der Waals surface area contributed by atoms with Crippen molar-refractivity contribution in [2.75, 3.05) is 0 Å². The third kappa shape index (κ3) is 3.92. The van der Waals surface area contributed by atoms with Gasteiger partial charge in [0.25, 0.3) is 5.91 Å². The van der Waals surface area contributed by atoms with Crippen LogP contribution in [-0.2, 0) is 0 Å². The minimum atomic E-state index is -0.964. The van der Waals surface area contributed by atoms with Crippen LogP contribution in [0.3, 0.4) is 0 Å². The maximum Gasteiger partial charge on any atom is 0.314 e. The Labute approximate surface area is 171 Å². The predicted molar refractivity (Wildman–Crippen MR) is 113 cm³/mol. The third-order valence-corrected chi connectivity index (χ3v) is 4.89. The molecule has 4 rings (SSSR count). The average Bonchev–Trinajstić information content (AvgIpc) is 2.78. The average molecular weight is 401 g/mol. The second-order valence-corrected chi connectivity index (χ2v) is 6.89. The Morgan fingerprint density at radius 2 is 1.33 bits per heavy atom. The maximum absolute atomic E-state index is 13.0. The van der Waals surface area contributed by atoms with Crippen LogP contribution in [0.1, 0.15) is 33.6 Å². The van der Waals surface area contributed by atoms with E-state index >= 15 is 0 Å². The van der Waals surface area contributed by atoms with Crippen molar-refractivity contribution in [3.8, 4) is 0 Å². The summed E-state index contributed by atoms with van der Waals surface area (Å²) in [6.07, 6.45) is -0.964. The molecule has 0 saturated heterocycles. The van der Waals surface area contributed by atoms with E-state index in [1.807, 2.05) is 48.5 Å². The highest BCUT2D eigenvalue weighted by atomic mass is 16.3. The Hall–Kier alpha value is -3.97. The summed E-state index contributed by atoms with van der Waals surface area (Å²) in [6.45, 7) is 0. The molecule has 2 atom stereocenters. The second kappa shape index (κ2) is 8.18. The highest BCUT2D eigenvalue weighted by molar-refractivity contribution is 5.97. The normalized spacial score (nSPS) is 13.0. The maximum atomic E-state index is 13.0. The van der Waals surface area contributed by atoms with E-state index in [4.69, 9.17) is 0 Å². The van der Waals surface area contributed by atoms with Gasteiger partial charge < -0.3 is 20.4 Å². The number of amides is 1.